The Morgan fingerprint density at radius 2 is 1.77 bits per heavy atom. The number of fused-ring (bicyclic) bond motifs is 1. The molecule has 0 bridgehead atoms. The van der Waals surface area contributed by atoms with Crippen molar-refractivity contribution < 1.29 is 9.59 Å². The highest BCUT2D eigenvalue weighted by Crippen LogP contribution is 2.23. The zero-order valence-electron chi connectivity index (χ0n) is 21.0. The third-order valence-corrected chi connectivity index (χ3v) is 6.82. The molecule has 0 aliphatic heterocycles. The summed E-state index contributed by atoms with van der Waals surface area (Å²) >= 11 is 0. The molecular weight excluding hydrogens is 442 g/mol. The second kappa shape index (κ2) is 10.5. The predicted molar refractivity (Wildman–Crippen MR) is 137 cm³/mol. The van der Waals surface area contributed by atoms with Gasteiger partial charge in [-0.05, 0) is 64.2 Å². The van der Waals surface area contributed by atoms with Crippen molar-refractivity contribution in [2.75, 3.05) is 6.54 Å². The van der Waals surface area contributed by atoms with E-state index in [1.807, 2.05) is 45.9 Å². The van der Waals surface area contributed by atoms with Crippen LogP contribution in [0.2, 0.25) is 0 Å². The van der Waals surface area contributed by atoms with Crippen LogP contribution in [-0.2, 0) is 0 Å². The van der Waals surface area contributed by atoms with Crippen LogP contribution in [0, 0.1) is 12.8 Å². The number of carbonyl (C=O) groups is 2. The number of imidazole rings is 1. The zero-order chi connectivity index (χ0) is 25.1. The van der Waals surface area contributed by atoms with Crippen molar-refractivity contribution in [1.29, 1.82) is 0 Å². The number of benzene rings is 1. The first-order valence-electron chi connectivity index (χ1n) is 12.5. The Morgan fingerprint density at radius 1 is 1.09 bits per heavy atom. The number of aryl methyl sites for hydroxylation is 1. The molecule has 0 unspecified atom stereocenters. The highest BCUT2D eigenvalue weighted by Gasteiger charge is 2.23. The number of nitrogens with zero attached hydrogens (tertiary/aromatic N) is 2. The van der Waals surface area contributed by atoms with E-state index in [0.717, 1.165) is 29.4 Å². The molecule has 186 valence electrons. The molecule has 2 amide bonds. The van der Waals surface area contributed by atoms with E-state index in [-0.39, 0.29) is 17.2 Å². The van der Waals surface area contributed by atoms with Crippen LogP contribution in [0.3, 0.4) is 0 Å². The summed E-state index contributed by atoms with van der Waals surface area (Å²) in [5.41, 5.74) is 2.19. The van der Waals surface area contributed by atoms with Gasteiger partial charge in [0.2, 0.25) is 5.43 Å². The SMILES string of the molecule is Cc1ccc2nc([C@@H](C)NC(=O)c3cn(C(C)C)cc(C(=O)NCC4CCCCC4)c3=O)[nH]c2c1. The molecule has 1 aromatic carbocycles. The lowest BCUT2D eigenvalue weighted by molar-refractivity contribution is 0.0936. The molecule has 2 aromatic heterocycles. The molecule has 2 heterocycles. The summed E-state index contributed by atoms with van der Waals surface area (Å²) in [5.74, 6) is 0.0882. The largest absolute Gasteiger partial charge is 0.352 e. The summed E-state index contributed by atoms with van der Waals surface area (Å²) in [6.07, 6.45) is 8.86. The summed E-state index contributed by atoms with van der Waals surface area (Å²) in [6.45, 7) is 8.25. The number of rotatable bonds is 7. The third-order valence-electron chi connectivity index (χ3n) is 6.82. The topological polar surface area (TPSA) is 109 Å². The van der Waals surface area contributed by atoms with Crippen molar-refractivity contribution in [3.05, 3.63) is 63.3 Å². The number of amides is 2. The smallest absolute Gasteiger partial charge is 0.257 e. The van der Waals surface area contributed by atoms with E-state index < -0.39 is 23.3 Å². The molecule has 3 aromatic rings. The van der Waals surface area contributed by atoms with Gasteiger partial charge >= 0.3 is 0 Å². The number of aromatic nitrogens is 3. The lowest BCUT2D eigenvalue weighted by Gasteiger charge is -2.22. The normalized spacial score (nSPS) is 15.3. The van der Waals surface area contributed by atoms with E-state index in [4.69, 9.17) is 0 Å². The maximum atomic E-state index is 13.2. The molecule has 4 rings (SSSR count). The third kappa shape index (κ3) is 5.63. The lowest BCUT2D eigenvalue weighted by Crippen LogP contribution is -2.38. The monoisotopic (exact) mass is 477 g/mol. The Labute approximate surface area is 205 Å². The molecule has 1 aliphatic carbocycles. The van der Waals surface area contributed by atoms with E-state index in [2.05, 4.69) is 20.6 Å². The zero-order valence-corrected chi connectivity index (χ0v) is 21.0. The highest BCUT2D eigenvalue weighted by atomic mass is 16.2. The fraction of sp³-hybridized carbons (Fsp3) is 0.481. The van der Waals surface area contributed by atoms with Gasteiger partial charge < -0.3 is 20.2 Å². The minimum atomic E-state index is -0.562. The van der Waals surface area contributed by atoms with Gasteiger partial charge in [-0.3, -0.25) is 14.4 Å². The minimum absolute atomic E-state index is 0.00553. The first-order chi connectivity index (χ1) is 16.7. The summed E-state index contributed by atoms with van der Waals surface area (Å²) in [5, 5.41) is 5.80. The van der Waals surface area contributed by atoms with Crippen molar-refractivity contribution in [2.45, 2.75) is 71.9 Å². The van der Waals surface area contributed by atoms with Crippen LogP contribution in [0.1, 0.15) is 97.1 Å². The summed E-state index contributed by atoms with van der Waals surface area (Å²) < 4.78 is 1.74. The molecule has 1 atom stereocenters. The Kier molecular flexibility index (Phi) is 7.38. The quantitative estimate of drug-likeness (QED) is 0.468. The van der Waals surface area contributed by atoms with Crippen molar-refractivity contribution in [3.63, 3.8) is 0 Å². The molecule has 1 saturated carbocycles. The van der Waals surface area contributed by atoms with Crippen molar-refractivity contribution in [1.82, 2.24) is 25.2 Å². The van der Waals surface area contributed by atoms with Crippen LogP contribution >= 0.6 is 0 Å². The number of aromatic amines is 1. The summed E-state index contributed by atoms with van der Waals surface area (Å²) in [7, 11) is 0. The molecular formula is C27H35N5O3. The van der Waals surface area contributed by atoms with Crippen molar-refractivity contribution >= 4 is 22.8 Å². The van der Waals surface area contributed by atoms with E-state index in [9.17, 15) is 14.4 Å². The maximum absolute atomic E-state index is 13.2. The van der Waals surface area contributed by atoms with Crippen LogP contribution in [0.15, 0.2) is 35.4 Å². The molecule has 0 spiro atoms. The van der Waals surface area contributed by atoms with E-state index in [1.54, 1.807) is 10.8 Å². The van der Waals surface area contributed by atoms with Crippen LogP contribution in [0.5, 0.6) is 0 Å². The van der Waals surface area contributed by atoms with E-state index in [0.29, 0.717) is 18.3 Å². The van der Waals surface area contributed by atoms with Crippen LogP contribution < -0.4 is 16.1 Å². The van der Waals surface area contributed by atoms with Gasteiger partial charge in [0.15, 0.2) is 0 Å². The summed E-state index contributed by atoms with van der Waals surface area (Å²) in [6, 6.07) is 5.43. The van der Waals surface area contributed by atoms with Crippen molar-refractivity contribution in [2.24, 2.45) is 5.92 Å². The second-order valence-electron chi connectivity index (χ2n) is 10.0. The predicted octanol–water partition coefficient (Wildman–Crippen LogP) is 4.42. The Morgan fingerprint density at radius 3 is 2.46 bits per heavy atom. The Balaban J connectivity index is 1.55. The fourth-order valence-corrected chi connectivity index (χ4v) is 4.63. The van der Waals surface area contributed by atoms with Gasteiger partial charge in [0.25, 0.3) is 11.8 Å². The highest BCUT2D eigenvalue weighted by molar-refractivity contribution is 5.99. The van der Waals surface area contributed by atoms with Gasteiger partial charge in [-0.15, -0.1) is 0 Å². The van der Waals surface area contributed by atoms with E-state index >= 15 is 0 Å². The molecule has 0 saturated heterocycles. The number of hydrogen-bond acceptors (Lipinski definition) is 4. The molecule has 1 aliphatic rings. The molecule has 8 heteroatoms. The lowest BCUT2D eigenvalue weighted by atomic mass is 9.89. The fourth-order valence-electron chi connectivity index (χ4n) is 4.63. The summed E-state index contributed by atoms with van der Waals surface area (Å²) in [4.78, 5) is 47.2. The number of hydrogen-bond donors (Lipinski definition) is 3. The number of nitrogens with one attached hydrogen (secondary N) is 3. The van der Waals surface area contributed by atoms with Gasteiger partial charge in [0, 0.05) is 25.0 Å². The standard InChI is InChI=1S/C27H35N5O3/c1-16(2)32-14-20(26(34)28-13-19-8-6-5-7-9-19)24(33)21(15-32)27(35)29-18(4)25-30-22-11-10-17(3)12-23(22)31-25/h10-12,14-16,18-19H,5-9,13H2,1-4H3,(H,28,34)(H,29,35)(H,30,31)/t18-/m1/s1. The Bertz CT molecular complexity index is 1280. The molecule has 1 fully saturated rings. The van der Waals surface area contributed by atoms with Crippen LogP contribution in [0.4, 0.5) is 0 Å². The average molecular weight is 478 g/mol. The first-order valence-corrected chi connectivity index (χ1v) is 12.5. The van der Waals surface area contributed by atoms with Gasteiger partial charge in [-0.2, -0.15) is 0 Å². The van der Waals surface area contributed by atoms with Gasteiger partial charge in [0.1, 0.15) is 17.0 Å². The van der Waals surface area contributed by atoms with Gasteiger partial charge in [0.05, 0.1) is 17.1 Å². The molecule has 35 heavy (non-hydrogen) atoms. The van der Waals surface area contributed by atoms with Crippen molar-refractivity contribution in [3.8, 4) is 0 Å². The van der Waals surface area contributed by atoms with Gasteiger partial charge in [-0.25, -0.2) is 4.98 Å². The van der Waals surface area contributed by atoms with E-state index in [1.165, 1.54) is 25.5 Å². The second-order valence-corrected chi connectivity index (χ2v) is 10.0. The first kappa shape index (κ1) is 24.7. The maximum Gasteiger partial charge on any atom is 0.257 e. The van der Waals surface area contributed by atoms with Crippen LogP contribution in [-0.4, -0.2) is 32.9 Å². The molecule has 8 nitrogen and oxygen atoms in total. The molecule has 3 N–H and O–H groups in total. The number of H-pyrrole nitrogens is 1. The Hall–Kier alpha value is -3.42. The van der Waals surface area contributed by atoms with Crippen LogP contribution in [0.25, 0.3) is 11.0 Å². The minimum Gasteiger partial charge on any atom is -0.352 e. The van der Waals surface area contributed by atoms with Gasteiger partial charge in [-0.1, -0.05) is 25.3 Å². The number of carbonyl (C=O) groups excluding carboxylic acids is 2. The number of pyridine rings is 1. The molecule has 0 radical (unpaired) electrons. The average Bonchev–Trinajstić information content (AvgIpc) is 3.26.